The van der Waals surface area contributed by atoms with Gasteiger partial charge in [0.2, 0.25) is 0 Å². The van der Waals surface area contributed by atoms with Crippen LogP contribution in [-0.2, 0) is 6.54 Å². The molecule has 2 aromatic heterocycles. The minimum Gasteiger partial charge on any atom is -0.357 e. The molecule has 0 aromatic carbocycles. The van der Waals surface area contributed by atoms with Crippen LogP contribution in [0, 0.1) is 0 Å². The minimum absolute atomic E-state index is 0.868. The molecule has 0 aliphatic carbocycles. The fraction of sp³-hybridized carbons (Fsp3) is 0.583. The van der Waals surface area contributed by atoms with Crippen LogP contribution in [0.1, 0.15) is 12.6 Å². The quantitative estimate of drug-likeness (QED) is 0.846. The molecule has 0 spiro atoms. The second-order valence-electron chi connectivity index (χ2n) is 4.13. The number of thioether (sulfide) groups is 1. The fourth-order valence-electron chi connectivity index (χ4n) is 1.87. The lowest BCUT2D eigenvalue weighted by Gasteiger charge is -2.17. The predicted octanol–water partition coefficient (Wildman–Crippen LogP) is 2.30. The molecule has 0 aliphatic heterocycles. The number of hydrogen-bond acceptors (Lipinski definition) is 5. The van der Waals surface area contributed by atoms with Gasteiger partial charge >= 0.3 is 0 Å². The second kappa shape index (κ2) is 6.45. The van der Waals surface area contributed by atoms with Crippen molar-refractivity contribution in [1.82, 2.24) is 14.7 Å². The van der Waals surface area contributed by atoms with E-state index in [0.717, 1.165) is 36.2 Å². The summed E-state index contributed by atoms with van der Waals surface area (Å²) in [5, 5.41) is 5.48. The van der Waals surface area contributed by atoms with Gasteiger partial charge in [-0.25, -0.2) is 4.98 Å². The molecule has 4 nitrogen and oxygen atoms in total. The Labute approximate surface area is 116 Å². The highest BCUT2D eigenvalue weighted by molar-refractivity contribution is 7.98. The van der Waals surface area contributed by atoms with Crippen molar-refractivity contribution in [2.75, 3.05) is 37.0 Å². The van der Waals surface area contributed by atoms with Gasteiger partial charge in [-0.15, -0.1) is 11.3 Å². The third kappa shape index (κ3) is 2.81. The number of rotatable bonds is 7. The van der Waals surface area contributed by atoms with E-state index in [1.54, 1.807) is 11.3 Å². The van der Waals surface area contributed by atoms with Gasteiger partial charge in [0.15, 0.2) is 10.8 Å². The first kappa shape index (κ1) is 13.7. The Balaban J connectivity index is 2.26. The minimum atomic E-state index is 0.868. The summed E-state index contributed by atoms with van der Waals surface area (Å²) in [6.07, 6.45) is 4.24. The van der Waals surface area contributed by atoms with E-state index in [1.807, 2.05) is 11.8 Å². The van der Waals surface area contributed by atoms with Gasteiger partial charge in [-0.2, -0.15) is 11.8 Å². The molecule has 0 saturated carbocycles. The Morgan fingerprint density at radius 1 is 1.56 bits per heavy atom. The molecule has 100 valence electrons. The van der Waals surface area contributed by atoms with Crippen LogP contribution in [0.25, 0.3) is 4.96 Å². The Kier molecular flexibility index (Phi) is 4.91. The lowest BCUT2D eigenvalue weighted by molar-refractivity contribution is 0.703. The molecule has 1 N–H and O–H groups in total. The second-order valence-corrected chi connectivity index (χ2v) is 5.99. The van der Waals surface area contributed by atoms with Gasteiger partial charge in [0.1, 0.15) is 0 Å². The highest BCUT2D eigenvalue weighted by Gasteiger charge is 2.15. The Bertz CT molecular complexity index is 491. The molecule has 0 atom stereocenters. The molecule has 0 unspecified atom stereocenters. The Morgan fingerprint density at radius 2 is 2.39 bits per heavy atom. The molecule has 2 aromatic rings. The van der Waals surface area contributed by atoms with Crippen molar-refractivity contribution in [3.63, 3.8) is 0 Å². The van der Waals surface area contributed by atoms with Crippen LogP contribution in [0.3, 0.4) is 0 Å². The van der Waals surface area contributed by atoms with E-state index < -0.39 is 0 Å². The van der Waals surface area contributed by atoms with Crippen LogP contribution < -0.4 is 10.2 Å². The molecular formula is C12H20N4S2. The van der Waals surface area contributed by atoms with Crippen LogP contribution in [0.4, 0.5) is 5.82 Å². The maximum absolute atomic E-state index is 4.74. The number of anilines is 1. The van der Waals surface area contributed by atoms with Crippen molar-refractivity contribution in [3.8, 4) is 0 Å². The molecule has 6 heteroatoms. The van der Waals surface area contributed by atoms with E-state index in [4.69, 9.17) is 4.98 Å². The third-order valence-electron chi connectivity index (χ3n) is 2.87. The van der Waals surface area contributed by atoms with Crippen molar-refractivity contribution >= 4 is 33.9 Å². The summed E-state index contributed by atoms with van der Waals surface area (Å²) < 4.78 is 2.19. The first-order chi connectivity index (χ1) is 8.77. The van der Waals surface area contributed by atoms with Gasteiger partial charge in [0, 0.05) is 37.5 Å². The van der Waals surface area contributed by atoms with E-state index in [0.29, 0.717) is 0 Å². The summed E-state index contributed by atoms with van der Waals surface area (Å²) >= 11 is 3.56. The van der Waals surface area contributed by atoms with E-state index >= 15 is 0 Å². The molecule has 2 rings (SSSR count). The zero-order chi connectivity index (χ0) is 13.0. The number of thiazole rings is 1. The zero-order valence-electron chi connectivity index (χ0n) is 11.1. The zero-order valence-corrected chi connectivity index (χ0v) is 12.8. The van der Waals surface area contributed by atoms with Crippen LogP contribution >= 0.6 is 23.1 Å². The Morgan fingerprint density at radius 3 is 3.11 bits per heavy atom. The van der Waals surface area contributed by atoms with Crippen molar-refractivity contribution in [2.24, 2.45) is 0 Å². The maximum Gasteiger partial charge on any atom is 0.195 e. The molecule has 0 aliphatic rings. The van der Waals surface area contributed by atoms with E-state index in [-0.39, 0.29) is 0 Å². The maximum atomic E-state index is 4.74. The summed E-state index contributed by atoms with van der Waals surface area (Å²) in [4.78, 5) is 8.07. The molecule has 18 heavy (non-hydrogen) atoms. The van der Waals surface area contributed by atoms with Gasteiger partial charge in [-0.3, -0.25) is 4.40 Å². The molecular weight excluding hydrogens is 264 g/mol. The molecule has 0 amide bonds. The number of nitrogens with one attached hydrogen (secondary N) is 1. The van der Waals surface area contributed by atoms with Crippen molar-refractivity contribution in [3.05, 3.63) is 17.3 Å². The topological polar surface area (TPSA) is 32.6 Å². The smallest absolute Gasteiger partial charge is 0.195 e. The van der Waals surface area contributed by atoms with Crippen LogP contribution in [-0.4, -0.2) is 41.5 Å². The number of fused-ring (bicyclic) bond motifs is 1. The lowest BCUT2D eigenvalue weighted by Crippen LogP contribution is -2.23. The van der Waals surface area contributed by atoms with Gasteiger partial charge < -0.3 is 10.2 Å². The fourth-order valence-corrected chi connectivity index (χ4v) is 3.05. The number of imidazole rings is 1. The highest BCUT2D eigenvalue weighted by atomic mass is 32.2. The average molecular weight is 284 g/mol. The largest absolute Gasteiger partial charge is 0.357 e. The Hall–Kier alpha value is -0.720. The molecule has 0 radical (unpaired) electrons. The van der Waals surface area contributed by atoms with Crippen LogP contribution in [0.15, 0.2) is 11.6 Å². The van der Waals surface area contributed by atoms with Gasteiger partial charge in [0.25, 0.3) is 0 Å². The summed E-state index contributed by atoms with van der Waals surface area (Å²) in [5.41, 5.74) is 1.26. The summed E-state index contributed by atoms with van der Waals surface area (Å²) in [6, 6.07) is 0. The summed E-state index contributed by atoms with van der Waals surface area (Å²) in [6.45, 7) is 5.01. The monoisotopic (exact) mass is 284 g/mol. The van der Waals surface area contributed by atoms with E-state index in [2.05, 4.69) is 46.4 Å². The van der Waals surface area contributed by atoms with Crippen LogP contribution in [0.2, 0.25) is 0 Å². The molecule has 0 fully saturated rings. The summed E-state index contributed by atoms with van der Waals surface area (Å²) in [7, 11) is 2.12. The average Bonchev–Trinajstić information content (AvgIpc) is 2.94. The number of nitrogens with zero attached hydrogens (tertiary/aromatic N) is 3. The number of hydrogen-bond donors (Lipinski definition) is 1. The standard InChI is InChI=1S/C12H20N4S2/c1-4-13-9-10-11(15(2)5-7-17-3)14-12-16(10)6-8-18-12/h6,8,13H,4-5,7,9H2,1-3H3. The summed E-state index contributed by atoms with van der Waals surface area (Å²) in [5.74, 6) is 2.24. The van der Waals surface area contributed by atoms with Crippen molar-refractivity contribution in [2.45, 2.75) is 13.5 Å². The SMILES string of the molecule is CCNCc1c(N(C)CCSC)nc2sccn12. The van der Waals surface area contributed by atoms with Gasteiger partial charge in [0.05, 0.1) is 5.69 Å². The van der Waals surface area contributed by atoms with Crippen molar-refractivity contribution in [1.29, 1.82) is 0 Å². The molecule has 0 saturated heterocycles. The molecule has 2 heterocycles. The highest BCUT2D eigenvalue weighted by Crippen LogP contribution is 2.24. The van der Waals surface area contributed by atoms with E-state index in [9.17, 15) is 0 Å². The van der Waals surface area contributed by atoms with Gasteiger partial charge in [-0.1, -0.05) is 6.92 Å². The van der Waals surface area contributed by atoms with E-state index in [1.165, 1.54) is 5.69 Å². The number of aromatic nitrogens is 2. The third-order valence-corrected chi connectivity index (χ3v) is 4.22. The predicted molar refractivity (Wildman–Crippen MR) is 82.1 cm³/mol. The van der Waals surface area contributed by atoms with Crippen molar-refractivity contribution < 1.29 is 0 Å². The van der Waals surface area contributed by atoms with Gasteiger partial charge in [-0.05, 0) is 12.8 Å². The molecule has 0 bridgehead atoms. The first-order valence-electron chi connectivity index (χ1n) is 6.13. The van der Waals surface area contributed by atoms with Crippen LogP contribution in [0.5, 0.6) is 0 Å². The first-order valence-corrected chi connectivity index (χ1v) is 8.40. The normalized spacial score (nSPS) is 11.3. The lowest BCUT2D eigenvalue weighted by atomic mass is 10.4.